The fourth-order valence-corrected chi connectivity index (χ4v) is 4.56. The number of hydrogen-bond donors (Lipinski definition) is 1. The zero-order valence-corrected chi connectivity index (χ0v) is 11.1. The SMILES string of the molecule is O=C1Nc2ccccc2[C@H]2c3ccccc3S(=O)(=O)N12. The summed E-state index contributed by atoms with van der Waals surface area (Å²) in [6.07, 6.45) is 0. The third-order valence-corrected chi connectivity index (χ3v) is 5.50. The molecule has 0 bridgehead atoms. The molecular formula is C14H10N2O3S. The number of fused-ring (bicyclic) bond motifs is 5. The Hall–Kier alpha value is -2.34. The Labute approximate surface area is 115 Å². The van der Waals surface area contributed by atoms with E-state index < -0.39 is 22.1 Å². The second-order valence-corrected chi connectivity index (χ2v) is 6.54. The van der Waals surface area contributed by atoms with E-state index in [1.54, 1.807) is 30.3 Å². The van der Waals surface area contributed by atoms with Gasteiger partial charge in [-0.1, -0.05) is 36.4 Å². The first-order valence-corrected chi connectivity index (χ1v) is 7.58. The Balaban J connectivity index is 2.08. The van der Waals surface area contributed by atoms with Crippen LogP contribution >= 0.6 is 0 Å². The molecule has 0 fully saturated rings. The number of sulfonamides is 1. The summed E-state index contributed by atoms with van der Waals surface area (Å²) in [5.74, 6) is 0. The van der Waals surface area contributed by atoms with Gasteiger partial charge >= 0.3 is 6.03 Å². The number of carbonyl (C=O) groups excluding carboxylic acids is 1. The molecule has 20 heavy (non-hydrogen) atoms. The number of rotatable bonds is 0. The molecule has 0 saturated heterocycles. The summed E-state index contributed by atoms with van der Waals surface area (Å²) in [5.41, 5.74) is 2.10. The molecule has 6 heteroatoms. The summed E-state index contributed by atoms with van der Waals surface area (Å²) in [6.45, 7) is 0. The zero-order chi connectivity index (χ0) is 13.9. The molecule has 100 valence electrons. The lowest BCUT2D eigenvalue weighted by molar-refractivity contribution is 0.229. The van der Waals surface area contributed by atoms with Crippen molar-refractivity contribution >= 4 is 21.7 Å². The highest BCUT2D eigenvalue weighted by Crippen LogP contribution is 2.47. The highest BCUT2D eigenvalue weighted by Gasteiger charge is 2.49. The van der Waals surface area contributed by atoms with E-state index in [0.717, 1.165) is 9.87 Å². The second-order valence-electron chi connectivity index (χ2n) is 4.76. The van der Waals surface area contributed by atoms with Crippen molar-refractivity contribution < 1.29 is 13.2 Å². The Morgan fingerprint density at radius 2 is 1.60 bits per heavy atom. The molecule has 0 aromatic heterocycles. The Bertz CT molecular complexity index is 845. The van der Waals surface area contributed by atoms with Crippen molar-refractivity contribution in [2.24, 2.45) is 0 Å². The van der Waals surface area contributed by atoms with Gasteiger partial charge in [-0.2, -0.15) is 0 Å². The minimum absolute atomic E-state index is 0.205. The standard InChI is InChI=1S/C14H10N2O3S/c17-14-15-11-7-3-1-5-9(11)13-10-6-2-4-8-12(10)20(18,19)16(13)14/h1-8,13H,(H,15,17)/t13-/m0/s1. The van der Waals surface area contributed by atoms with E-state index in [1.165, 1.54) is 0 Å². The van der Waals surface area contributed by atoms with Gasteiger partial charge in [0.1, 0.15) is 6.04 Å². The highest BCUT2D eigenvalue weighted by molar-refractivity contribution is 7.90. The molecule has 4 rings (SSSR count). The van der Waals surface area contributed by atoms with E-state index in [-0.39, 0.29) is 4.90 Å². The molecule has 2 amide bonds. The summed E-state index contributed by atoms with van der Waals surface area (Å²) in [4.78, 5) is 12.4. The van der Waals surface area contributed by atoms with E-state index in [4.69, 9.17) is 0 Å². The smallest absolute Gasteiger partial charge is 0.307 e. The van der Waals surface area contributed by atoms with E-state index in [9.17, 15) is 13.2 Å². The first-order valence-electron chi connectivity index (χ1n) is 6.14. The van der Waals surface area contributed by atoms with Crippen LogP contribution in [0, 0.1) is 0 Å². The van der Waals surface area contributed by atoms with Crippen LogP contribution in [0.4, 0.5) is 10.5 Å². The molecule has 0 spiro atoms. The zero-order valence-electron chi connectivity index (χ0n) is 10.3. The first kappa shape index (κ1) is 11.5. The summed E-state index contributed by atoms with van der Waals surface area (Å²) in [5, 5.41) is 2.63. The normalized spacial score (nSPS) is 21.7. The van der Waals surface area contributed by atoms with Crippen LogP contribution in [0.2, 0.25) is 0 Å². The van der Waals surface area contributed by atoms with E-state index in [1.807, 2.05) is 18.2 Å². The van der Waals surface area contributed by atoms with Crippen LogP contribution in [0.15, 0.2) is 53.4 Å². The number of carbonyl (C=O) groups is 1. The van der Waals surface area contributed by atoms with Gasteiger partial charge in [0.25, 0.3) is 10.0 Å². The maximum atomic E-state index is 12.5. The van der Waals surface area contributed by atoms with Crippen LogP contribution in [0.3, 0.4) is 0 Å². The molecule has 2 aliphatic heterocycles. The maximum absolute atomic E-state index is 12.5. The molecule has 1 N–H and O–H groups in total. The van der Waals surface area contributed by atoms with Gasteiger partial charge in [0.15, 0.2) is 0 Å². The van der Waals surface area contributed by atoms with Crippen LogP contribution in [-0.2, 0) is 10.0 Å². The minimum atomic E-state index is -3.78. The number of para-hydroxylation sites is 1. The molecular weight excluding hydrogens is 276 g/mol. The quantitative estimate of drug-likeness (QED) is 0.808. The van der Waals surface area contributed by atoms with Crippen LogP contribution in [0.1, 0.15) is 17.2 Å². The topological polar surface area (TPSA) is 66.5 Å². The van der Waals surface area contributed by atoms with E-state index in [2.05, 4.69) is 5.32 Å². The summed E-state index contributed by atoms with van der Waals surface area (Å²) in [7, 11) is -3.78. The predicted octanol–water partition coefficient (Wildman–Crippen LogP) is 2.33. The lowest BCUT2D eigenvalue weighted by atomic mass is 9.96. The van der Waals surface area contributed by atoms with Gasteiger partial charge in [0, 0.05) is 16.8 Å². The Morgan fingerprint density at radius 3 is 2.40 bits per heavy atom. The average Bonchev–Trinajstić information content (AvgIpc) is 2.69. The molecule has 0 unspecified atom stereocenters. The average molecular weight is 286 g/mol. The number of anilines is 1. The van der Waals surface area contributed by atoms with E-state index >= 15 is 0 Å². The van der Waals surface area contributed by atoms with Crippen molar-refractivity contribution in [3.63, 3.8) is 0 Å². The monoisotopic (exact) mass is 286 g/mol. The summed E-state index contributed by atoms with van der Waals surface area (Å²) < 4.78 is 25.9. The predicted molar refractivity (Wildman–Crippen MR) is 72.8 cm³/mol. The molecule has 2 aliphatic rings. The van der Waals surface area contributed by atoms with Crippen molar-refractivity contribution in [3.8, 4) is 0 Å². The minimum Gasteiger partial charge on any atom is -0.307 e. The van der Waals surface area contributed by atoms with Gasteiger partial charge in [0.2, 0.25) is 0 Å². The fraction of sp³-hybridized carbons (Fsp3) is 0.0714. The maximum Gasteiger partial charge on any atom is 0.336 e. The molecule has 2 heterocycles. The van der Waals surface area contributed by atoms with Crippen molar-refractivity contribution in [2.45, 2.75) is 10.9 Å². The van der Waals surface area contributed by atoms with Gasteiger partial charge in [0.05, 0.1) is 4.90 Å². The molecule has 1 atom stereocenters. The lowest BCUT2D eigenvalue weighted by Crippen LogP contribution is -2.42. The Morgan fingerprint density at radius 1 is 0.950 bits per heavy atom. The molecule has 0 radical (unpaired) electrons. The van der Waals surface area contributed by atoms with Gasteiger partial charge in [-0.25, -0.2) is 17.5 Å². The molecule has 5 nitrogen and oxygen atoms in total. The fourth-order valence-electron chi connectivity index (χ4n) is 2.85. The largest absolute Gasteiger partial charge is 0.336 e. The van der Waals surface area contributed by atoms with Gasteiger partial charge in [-0.05, 0) is 12.1 Å². The number of nitrogens with one attached hydrogen (secondary N) is 1. The van der Waals surface area contributed by atoms with Crippen LogP contribution < -0.4 is 5.32 Å². The number of benzene rings is 2. The third kappa shape index (κ3) is 1.26. The van der Waals surface area contributed by atoms with Gasteiger partial charge < -0.3 is 5.32 Å². The number of hydrogen-bond acceptors (Lipinski definition) is 3. The Kier molecular flexibility index (Phi) is 2.07. The third-order valence-electron chi connectivity index (χ3n) is 3.68. The van der Waals surface area contributed by atoms with E-state index in [0.29, 0.717) is 11.3 Å². The molecule has 0 saturated carbocycles. The van der Waals surface area contributed by atoms with Gasteiger partial charge in [-0.15, -0.1) is 0 Å². The van der Waals surface area contributed by atoms with Crippen LogP contribution in [0.25, 0.3) is 0 Å². The van der Waals surface area contributed by atoms with Crippen LogP contribution in [-0.4, -0.2) is 18.8 Å². The van der Waals surface area contributed by atoms with Crippen molar-refractivity contribution in [1.29, 1.82) is 0 Å². The number of nitrogens with zero attached hydrogens (tertiary/aromatic N) is 1. The summed E-state index contributed by atoms with van der Waals surface area (Å²) >= 11 is 0. The number of urea groups is 1. The molecule has 2 aromatic rings. The highest BCUT2D eigenvalue weighted by atomic mass is 32.2. The van der Waals surface area contributed by atoms with Crippen molar-refractivity contribution in [2.75, 3.05) is 5.32 Å². The van der Waals surface area contributed by atoms with Crippen molar-refractivity contribution in [3.05, 3.63) is 59.7 Å². The van der Waals surface area contributed by atoms with Crippen molar-refractivity contribution in [1.82, 2.24) is 4.31 Å². The molecule has 2 aromatic carbocycles. The second kappa shape index (κ2) is 3.61. The lowest BCUT2D eigenvalue weighted by Gasteiger charge is -2.30. The molecule has 0 aliphatic carbocycles. The summed E-state index contributed by atoms with van der Waals surface area (Å²) in [6, 6.07) is 12.8. The first-order chi connectivity index (χ1) is 9.60. The number of amides is 2. The van der Waals surface area contributed by atoms with Crippen LogP contribution in [0.5, 0.6) is 0 Å². The van der Waals surface area contributed by atoms with Gasteiger partial charge in [-0.3, -0.25) is 0 Å².